The van der Waals surface area contributed by atoms with Crippen molar-refractivity contribution in [1.82, 2.24) is 34.0 Å². The Bertz CT molecular complexity index is 1490. The third-order valence-corrected chi connectivity index (χ3v) is 7.40. The number of amides is 1. The number of aromatic nitrogens is 6. The Morgan fingerprint density at radius 1 is 1.22 bits per heavy atom. The maximum absolute atomic E-state index is 13.9. The fourth-order valence-corrected chi connectivity index (χ4v) is 5.14. The number of fused-ring (bicyclic) bond motifs is 2. The summed E-state index contributed by atoms with van der Waals surface area (Å²) in [6.07, 6.45) is 2.78. The van der Waals surface area contributed by atoms with Crippen LogP contribution in [0, 0.1) is 12.8 Å². The molecular weight excluding hydrogens is 485 g/mol. The van der Waals surface area contributed by atoms with Crippen LogP contribution in [0.15, 0.2) is 30.6 Å². The van der Waals surface area contributed by atoms with Crippen molar-refractivity contribution in [2.75, 3.05) is 18.4 Å². The van der Waals surface area contributed by atoms with Crippen molar-refractivity contribution in [2.45, 2.75) is 57.8 Å². The number of nitrogens with one attached hydrogen (secondary N) is 1. The normalized spacial score (nSPS) is 22.3. The number of piperidine rings is 1. The highest BCUT2D eigenvalue weighted by Crippen LogP contribution is 2.48. The average Bonchev–Trinajstić information content (AvgIpc) is 3.17. The van der Waals surface area contributed by atoms with Crippen LogP contribution in [0.5, 0.6) is 0 Å². The van der Waals surface area contributed by atoms with E-state index in [1.165, 1.54) is 11.5 Å². The molecule has 1 aliphatic carbocycles. The summed E-state index contributed by atoms with van der Waals surface area (Å²) in [7, 11) is 0. The van der Waals surface area contributed by atoms with E-state index in [0.717, 1.165) is 23.9 Å². The molecule has 5 heterocycles. The lowest BCUT2D eigenvalue weighted by Crippen LogP contribution is -2.43. The van der Waals surface area contributed by atoms with Gasteiger partial charge in [-0.25, -0.2) is 32.6 Å². The van der Waals surface area contributed by atoms with Crippen LogP contribution in [0.3, 0.4) is 0 Å². The summed E-state index contributed by atoms with van der Waals surface area (Å²) >= 11 is 0. The quantitative estimate of drug-likeness (QED) is 0.422. The van der Waals surface area contributed by atoms with Gasteiger partial charge < -0.3 is 14.8 Å². The first-order valence-electron chi connectivity index (χ1n) is 12.4. The van der Waals surface area contributed by atoms with E-state index in [1.54, 1.807) is 34.8 Å². The molecule has 4 aromatic rings. The van der Waals surface area contributed by atoms with E-state index in [2.05, 4.69) is 25.4 Å². The first-order chi connectivity index (χ1) is 17.7. The minimum Gasteiger partial charge on any atom is -0.350 e. The van der Waals surface area contributed by atoms with Gasteiger partial charge in [0, 0.05) is 30.9 Å². The lowest BCUT2D eigenvalue weighted by Gasteiger charge is -2.32. The molecule has 4 aromatic heterocycles. The molecule has 2 fully saturated rings. The Morgan fingerprint density at radius 3 is 2.68 bits per heavy atom. The molecule has 37 heavy (non-hydrogen) atoms. The zero-order valence-corrected chi connectivity index (χ0v) is 20.5. The molecule has 1 saturated heterocycles. The van der Waals surface area contributed by atoms with Crippen molar-refractivity contribution in [3.63, 3.8) is 0 Å². The monoisotopic (exact) mass is 512 g/mol. The Kier molecular flexibility index (Phi) is 5.57. The summed E-state index contributed by atoms with van der Waals surface area (Å²) < 4.78 is 43.2. The Morgan fingerprint density at radius 2 is 1.97 bits per heavy atom. The SMILES string of the molecule is Cc1nc2ccc(-c3ccn4nc(NC5CCN(C(=O)[C@H]6CC6(C)F)CC5)ncc34)nc2n1CC(F)F. The van der Waals surface area contributed by atoms with Gasteiger partial charge in [0.25, 0.3) is 6.43 Å². The fourth-order valence-electron chi connectivity index (χ4n) is 5.14. The molecular formula is C25H27F3N8O. The summed E-state index contributed by atoms with van der Waals surface area (Å²) in [5.41, 5.74) is 1.76. The number of imidazole rings is 1. The zero-order chi connectivity index (χ0) is 25.9. The summed E-state index contributed by atoms with van der Waals surface area (Å²) in [6.45, 7) is 3.87. The van der Waals surface area contributed by atoms with Gasteiger partial charge in [-0.3, -0.25) is 4.79 Å². The zero-order valence-electron chi connectivity index (χ0n) is 20.5. The third-order valence-electron chi connectivity index (χ3n) is 7.40. The number of aryl methyl sites for hydroxylation is 1. The number of carbonyl (C=O) groups excluding carboxylic acids is 1. The first kappa shape index (κ1) is 23.7. The molecule has 1 saturated carbocycles. The van der Waals surface area contributed by atoms with Crippen LogP contribution < -0.4 is 5.32 Å². The van der Waals surface area contributed by atoms with Crippen LogP contribution in [-0.2, 0) is 11.3 Å². The van der Waals surface area contributed by atoms with Crippen molar-refractivity contribution in [2.24, 2.45) is 5.92 Å². The van der Waals surface area contributed by atoms with Crippen molar-refractivity contribution in [3.8, 4) is 11.3 Å². The average molecular weight is 513 g/mol. The van der Waals surface area contributed by atoms with Gasteiger partial charge in [0.05, 0.1) is 29.9 Å². The summed E-state index contributed by atoms with van der Waals surface area (Å²) in [5, 5.41) is 7.91. The molecule has 2 aliphatic rings. The van der Waals surface area contributed by atoms with Gasteiger partial charge in [-0.1, -0.05) is 0 Å². The molecule has 1 N–H and O–H groups in total. The van der Waals surface area contributed by atoms with E-state index >= 15 is 0 Å². The molecule has 6 rings (SSSR count). The minimum absolute atomic E-state index is 0.0831. The van der Waals surface area contributed by atoms with E-state index in [0.29, 0.717) is 48.1 Å². The highest BCUT2D eigenvalue weighted by Gasteiger charge is 2.57. The number of pyridine rings is 1. The van der Waals surface area contributed by atoms with Crippen LogP contribution in [0.4, 0.5) is 19.1 Å². The van der Waals surface area contributed by atoms with Gasteiger partial charge in [-0.15, -0.1) is 5.10 Å². The predicted molar refractivity (Wildman–Crippen MR) is 131 cm³/mol. The summed E-state index contributed by atoms with van der Waals surface area (Å²) in [6, 6.07) is 5.56. The maximum atomic E-state index is 13.9. The lowest BCUT2D eigenvalue weighted by molar-refractivity contribution is -0.134. The number of halogens is 3. The van der Waals surface area contributed by atoms with Crippen LogP contribution in [0.1, 0.15) is 32.0 Å². The number of nitrogens with zero attached hydrogens (tertiary/aromatic N) is 7. The van der Waals surface area contributed by atoms with Crippen molar-refractivity contribution < 1.29 is 18.0 Å². The second-order valence-corrected chi connectivity index (χ2v) is 10.1. The molecule has 9 nitrogen and oxygen atoms in total. The van der Waals surface area contributed by atoms with Crippen molar-refractivity contribution in [3.05, 3.63) is 36.4 Å². The maximum Gasteiger partial charge on any atom is 0.256 e. The predicted octanol–water partition coefficient (Wildman–Crippen LogP) is 3.87. The molecule has 12 heteroatoms. The Hall–Kier alpha value is -3.70. The molecule has 1 amide bonds. The number of anilines is 1. The van der Waals surface area contributed by atoms with Gasteiger partial charge in [0.2, 0.25) is 11.9 Å². The molecule has 2 atom stereocenters. The van der Waals surface area contributed by atoms with Crippen molar-refractivity contribution >= 4 is 28.5 Å². The number of hydrogen-bond donors (Lipinski definition) is 1. The van der Waals surface area contributed by atoms with E-state index in [1.807, 2.05) is 12.1 Å². The molecule has 0 radical (unpaired) electrons. The van der Waals surface area contributed by atoms with E-state index in [4.69, 9.17) is 0 Å². The lowest BCUT2D eigenvalue weighted by atomic mass is 10.0. The molecule has 0 aromatic carbocycles. The van der Waals surface area contributed by atoms with Gasteiger partial charge in [-0.2, -0.15) is 0 Å². The van der Waals surface area contributed by atoms with E-state index in [9.17, 15) is 18.0 Å². The van der Waals surface area contributed by atoms with Gasteiger partial charge in [0.15, 0.2) is 5.65 Å². The van der Waals surface area contributed by atoms with E-state index in [-0.39, 0.29) is 11.9 Å². The number of rotatable bonds is 6. The summed E-state index contributed by atoms with van der Waals surface area (Å²) in [4.78, 5) is 27.6. The molecule has 1 unspecified atom stereocenters. The first-order valence-corrected chi connectivity index (χ1v) is 12.4. The highest BCUT2D eigenvalue weighted by atomic mass is 19.3. The standard InChI is InChI=1S/C25H27F3N8O/c1-14-30-19-4-3-18(32-22(19)35(14)13-21(26)27)16-7-10-36-20(16)12-29-24(33-36)31-15-5-8-34(9-6-15)23(37)17-11-25(17,2)28/h3-4,7,10,12,15,17,21H,5-6,8-9,11,13H2,1-2H3,(H,31,33)/t17-,25?/m1/s1. The van der Waals surface area contributed by atoms with Crippen molar-refractivity contribution in [1.29, 1.82) is 0 Å². The fraction of sp³-hybridized carbons (Fsp3) is 0.480. The van der Waals surface area contributed by atoms with Crippen LogP contribution in [-0.4, -0.2) is 71.2 Å². The molecule has 0 bridgehead atoms. The topological polar surface area (TPSA) is 93.2 Å². The Balaban J connectivity index is 1.17. The summed E-state index contributed by atoms with van der Waals surface area (Å²) in [5.74, 6) is 0.381. The number of carbonyl (C=O) groups is 1. The van der Waals surface area contributed by atoms with Crippen LogP contribution >= 0.6 is 0 Å². The second kappa shape index (κ2) is 8.70. The number of alkyl halides is 3. The smallest absolute Gasteiger partial charge is 0.256 e. The second-order valence-electron chi connectivity index (χ2n) is 10.1. The van der Waals surface area contributed by atoms with Gasteiger partial charge in [0.1, 0.15) is 17.0 Å². The van der Waals surface area contributed by atoms with Gasteiger partial charge in [-0.05, 0) is 51.3 Å². The molecule has 0 spiro atoms. The Labute approximate surface area is 210 Å². The molecule has 1 aliphatic heterocycles. The number of hydrogen-bond acceptors (Lipinski definition) is 6. The van der Waals surface area contributed by atoms with Crippen LogP contribution in [0.25, 0.3) is 27.9 Å². The number of likely N-dealkylation sites (tertiary alicyclic amines) is 1. The highest BCUT2D eigenvalue weighted by molar-refractivity contribution is 5.84. The van der Waals surface area contributed by atoms with E-state index < -0.39 is 24.6 Å². The van der Waals surface area contributed by atoms with Gasteiger partial charge >= 0.3 is 0 Å². The molecule has 194 valence electrons. The van der Waals surface area contributed by atoms with Crippen LogP contribution in [0.2, 0.25) is 0 Å². The minimum atomic E-state index is -2.51. The largest absolute Gasteiger partial charge is 0.350 e. The third kappa shape index (κ3) is 4.38.